The maximum Gasteiger partial charge on any atom is 0.204 e. The number of hydrogen-bond acceptors (Lipinski definition) is 5. The second-order valence-electron chi connectivity index (χ2n) is 2.35. The smallest absolute Gasteiger partial charge is 0.204 e. The Labute approximate surface area is 88.5 Å². The molecule has 2 rings (SSSR count). The standard InChI is InChI=1S/C7H7N3S3/c11-7-10-9-6(13-7)8-4-5-2-1-3-12-5/h1-3H,4H2,(H,8,9)(H,10,11). The number of nitrogens with zero attached hydrogens (tertiary/aromatic N) is 1. The van der Waals surface area contributed by atoms with Crippen molar-refractivity contribution in [3.63, 3.8) is 0 Å². The molecular formula is C7H7N3S3. The minimum atomic E-state index is 0.702. The Hall–Kier alpha value is -0.720. The largest absolute Gasteiger partial charge is 0.355 e. The summed E-state index contributed by atoms with van der Waals surface area (Å²) in [5.41, 5.74) is 0. The second kappa shape index (κ2) is 3.99. The Balaban J connectivity index is 1.97. The van der Waals surface area contributed by atoms with E-state index >= 15 is 0 Å². The molecule has 0 amide bonds. The van der Waals surface area contributed by atoms with Gasteiger partial charge >= 0.3 is 0 Å². The molecule has 2 aromatic heterocycles. The minimum absolute atomic E-state index is 0.702. The zero-order valence-electron chi connectivity index (χ0n) is 6.61. The number of aromatic nitrogens is 2. The van der Waals surface area contributed by atoms with Crippen molar-refractivity contribution in [1.29, 1.82) is 0 Å². The fraction of sp³-hybridized carbons (Fsp3) is 0.143. The molecule has 0 bridgehead atoms. The van der Waals surface area contributed by atoms with Crippen molar-refractivity contribution < 1.29 is 0 Å². The first kappa shape index (κ1) is 8.86. The van der Waals surface area contributed by atoms with E-state index in [0.29, 0.717) is 3.95 Å². The minimum Gasteiger partial charge on any atom is -0.355 e. The number of hydrogen-bond donors (Lipinski definition) is 2. The average molecular weight is 229 g/mol. The van der Waals surface area contributed by atoms with Crippen LogP contribution < -0.4 is 5.32 Å². The first-order valence-electron chi connectivity index (χ1n) is 3.66. The van der Waals surface area contributed by atoms with Gasteiger partial charge < -0.3 is 5.32 Å². The molecule has 3 nitrogen and oxygen atoms in total. The molecule has 0 aliphatic rings. The Kier molecular flexibility index (Phi) is 2.72. The molecule has 6 heteroatoms. The van der Waals surface area contributed by atoms with Gasteiger partial charge in [-0.3, -0.25) is 5.10 Å². The van der Waals surface area contributed by atoms with Crippen LogP contribution in [0.4, 0.5) is 5.13 Å². The maximum atomic E-state index is 4.91. The van der Waals surface area contributed by atoms with Crippen LogP contribution in [0.25, 0.3) is 0 Å². The summed E-state index contributed by atoms with van der Waals surface area (Å²) in [5, 5.41) is 12.8. The normalized spacial score (nSPS) is 10.2. The molecule has 0 radical (unpaired) electrons. The van der Waals surface area contributed by atoms with Gasteiger partial charge in [0.2, 0.25) is 5.13 Å². The molecule has 68 valence electrons. The van der Waals surface area contributed by atoms with Gasteiger partial charge in [0.1, 0.15) is 0 Å². The SMILES string of the molecule is S=c1[nH]nc(NCc2cccs2)s1. The summed E-state index contributed by atoms with van der Waals surface area (Å²) in [7, 11) is 0. The van der Waals surface area contributed by atoms with Crippen LogP contribution in [0, 0.1) is 3.95 Å². The predicted molar refractivity (Wildman–Crippen MR) is 58.9 cm³/mol. The average Bonchev–Trinajstić information content (AvgIpc) is 2.71. The lowest BCUT2D eigenvalue weighted by molar-refractivity contribution is 1.05. The van der Waals surface area contributed by atoms with Crippen molar-refractivity contribution in [3.05, 3.63) is 26.3 Å². The van der Waals surface area contributed by atoms with E-state index in [2.05, 4.69) is 27.0 Å². The Morgan fingerprint density at radius 1 is 1.62 bits per heavy atom. The summed E-state index contributed by atoms with van der Waals surface area (Å²) in [6.07, 6.45) is 0. The molecule has 0 aliphatic carbocycles. The number of thiophene rings is 1. The zero-order valence-corrected chi connectivity index (χ0v) is 9.06. The Bertz CT molecular complexity index is 414. The Morgan fingerprint density at radius 2 is 2.54 bits per heavy atom. The van der Waals surface area contributed by atoms with Crippen molar-refractivity contribution >= 4 is 40.0 Å². The highest BCUT2D eigenvalue weighted by atomic mass is 32.1. The number of H-pyrrole nitrogens is 1. The highest BCUT2D eigenvalue weighted by Gasteiger charge is 1.97. The van der Waals surface area contributed by atoms with Crippen molar-refractivity contribution in [3.8, 4) is 0 Å². The highest BCUT2D eigenvalue weighted by molar-refractivity contribution is 7.73. The summed E-state index contributed by atoms with van der Waals surface area (Å²) >= 11 is 8.09. The number of rotatable bonds is 3. The first-order chi connectivity index (χ1) is 6.34. The van der Waals surface area contributed by atoms with Gasteiger partial charge in [-0.2, -0.15) is 0 Å². The molecule has 0 saturated carbocycles. The third-order valence-electron chi connectivity index (χ3n) is 1.43. The van der Waals surface area contributed by atoms with Crippen LogP contribution in [-0.4, -0.2) is 10.2 Å². The van der Waals surface area contributed by atoms with Gasteiger partial charge in [-0.25, -0.2) is 0 Å². The van der Waals surface area contributed by atoms with Gasteiger partial charge in [0.25, 0.3) is 0 Å². The molecule has 2 aromatic rings. The van der Waals surface area contributed by atoms with Crippen LogP contribution in [0.5, 0.6) is 0 Å². The summed E-state index contributed by atoms with van der Waals surface area (Å²) in [6.45, 7) is 0.813. The van der Waals surface area contributed by atoms with Gasteiger partial charge in [0.15, 0.2) is 3.95 Å². The van der Waals surface area contributed by atoms with E-state index in [0.717, 1.165) is 11.7 Å². The maximum absolute atomic E-state index is 4.91. The van der Waals surface area contributed by atoms with E-state index in [1.807, 2.05) is 6.07 Å². The van der Waals surface area contributed by atoms with E-state index in [4.69, 9.17) is 12.2 Å². The van der Waals surface area contributed by atoms with Crippen molar-refractivity contribution in [2.45, 2.75) is 6.54 Å². The van der Waals surface area contributed by atoms with E-state index < -0.39 is 0 Å². The van der Waals surface area contributed by atoms with Crippen LogP contribution in [0.2, 0.25) is 0 Å². The van der Waals surface area contributed by atoms with E-state index in [9.17, 15) is 0 Å². The van der Waals surface area contributed by atoms with Crippen LogP contribution in [0.1, 0.15) is 4.88 Å². The highest BCUT2D eigenvalue weighted by Crippen LogP contribution is 2.14. The summed E-state index contributed by atoms with van der Waals surface area (Å²) < 4.78 is 0.702. The first-order valence-corrected chi connectivity index (χ1v) is 5.77. The van der Waals surface area contributed by atoms with Gasteiger partial charge in [-0.05, 0) is 23.7 Å². The number of aromatic amines is 1. The topological polar surface area (TPSA) is 40.7 Å². The van der Waals surface area contributed by atoms with Gasteiger partial charge in [-0.1, -0.05) is 17.4 Å². The van der Waals surface area contributed by atoms with E-state index in [-0.39, 0.29) is 0 Å². The van der Waals surface area contributed by atoms with Crippen molar-refractivity contribution in [2.75, 3.05) is 5.32 Å². The summed E-state index contributed by atoms with van der Waals surface area (Å²) in [6, 6.07) is 4.12. The summed E-state index contributed by atoms with van der Waals surface area (Å²) in [5.74, 6) is 0. The van der Waals surface area contributed by atoms with Crippen LogP contribution in [0.3, 0.4) is 0 Å². The molecule has 0 atom stereocenters. The molecule has 0 spiro atoms. The molecule has 0 aliphatic heterocycles. The molecule has 0 saturated heterocycles. The molecular weight excluding hydrogens is 222 g/mol. The quantitative estimate of drug-likeness (QED) is 0.795. The number of nitrogens with one attached hydrogen (secondary N) is 2. The monoisotopic (exact) mass is 229 g/mol. The fourth-order valence-electron chi connectivity index (χ4n) is 0.881. The Morgan fingerprint density at radius 3 is 3.15 bits per heavy atom. The van der Waals surface area contributed by atoms with E-state index in [1.165, 1.54) is 16.2 Å². The molecule has 2 heterocycles. The van der Waals surface area contributed by atoms with Gasteiger partial charge in [0, 0.05) is 4.88 Å². The van der Waals surface area contributed by atoms with Crippen LogP contribution in [0.15, 0.2) is 17.5 Å². The van der Waals surface area contributed by atoms with Crippen LogP contribution >= 0.6 is 34.9 Å². The van der Waals surface area contributed by atoms with Crippen molar-refractivity contribution in [2.24, 2.45) is 0 Å². The lowest BCUT2D eigenvalue weighted by Gasteiger charge is -1.96. The van der Waals surface area contributed by atoms with Crippen LogP contribution in [-0.2, 0) is 6.54 Å². The third kappa shape index (κ3) is 2.36. The third-order valence-corrected chi connectivity index (χ3v) is 3.36. The van der Waals surface area contributed by atoms with Crippen molar-refractivity contribution in [1.82, 2.24) is 10.2 Å². The number of anilines is 1. The summed E-state index contributed by atoms with van der Waals surface area (Å²) in [4.78, 5) is 1.29. The van der Waals surface area contributed by atoms with Gasteiger partial charge in [0.05, 0.1) is 6.54 Å². The molecule has 0 unspecified atom stereocenters. The zero-order chi connectivity index (χ0) is 9.10. The molecule has 0 aromatic carbocycles. The molecule has 0 fully saturated rings. The fourth-order valence-corrected chi connectivity index (χ4v) is 2.31. The lowest BCUT2D eigenvalue weighted by Crippen LogP contribution is -1.96. The van der Waals surface area contributed by atoms with Gasteiger partial charge in [-0.15, -0.1) is 16.4 Å². The molecule has 13 heavy (non-hydrogen) atoms. The van der Waals surface area contributed by atoms with E-state index in [1.54, 1.807) is 11.3 Å². The molecule has 2 N–H and O–H groups in total. The lowest BCUT2D eigenvalue weighted by atomic mass is 10.5. The predicted octanol–water partition coefficient (Wildman–Crippen LogP) is 2.87. The second-order valence-corrected chi connectivity index (χ2v) is 5.05.